The van der Waals surface area contributed by atoms with Gasteiger partial charge in [-0.3, -0.25) is 9.59 Å². The summed E-state index contributed by atoms with van der Waals surface area (Å²) in [4.78, 5) is 23.2. The summed E-state index contributed by atoms with van der Waals surface area (Å²) in [6.07, 6.45) is 1.21. The minimum absolute atomic E-state index is 0.240. The molecule has 0 spiro atoms. The summed E-state index contributed by atoms with van der Waals surface area (Å²) in [5.74, 6) is -0.518. The molecule has 0 aliphatic heterocycles. The molecule has 0 unspecified atom stereocenters. The molecule has 5 nitrogen and oxygen atoms in total. The van der Waals surface area contributed by atoms with Gasteiger partial charge in [-0.05, 0) is 41.5 Å². The summed E-state index contributed by atoms with van der Waals surface area (Å²) in [5, 5.41) is 5.26. The van der Waals surface area contributed by atoms with Crippen molar-refractivity contribution in [2.45, 2.75) is 0 Å². The fourth-order valence-corrected chi connectivity index (χ4v) is 2.04. The Balaban J connectivity index is 2.40. The molecule has 0 heterocycles. The van der Waals surface area contributed by atoms with Crippen LogP contribution in [-0.4, -0.2) is 18.9 Å². The van der Waals surface area contributed by atoms with Gasteiger partial charge in [0.1, 0.15) is 0 Å². The Morgan fingerprint density at radius 1 is 1.14 bits per heavy atom. The number of amides is 2. The molecular weight excluding hydrogens is 278 g/mol. The molecule has 2 rings (SSSR count). The zero-order valence-electron chi connectivity index (χ0n) is 12.2. The van der Waals surface area contributed by atoms with E-state index in [1.165, 1.54) is 6.08 Å². The van der Waals surface area contributed by atoms with Crippen molar-refractivity contribution in [3.8, 4) is 11.1 Å². The van der Waals surface area contributed by atoms with Crippen molar-refractivity contribution in [3.05, 3.63) is 60.7 Å². The Bertz CT molecular complexity index is 738. The number of hydrogen-bond donors (Lipinski definition) is 3. The first-order chi connectivity index (χ1) is 10.5. The number of nitrogen functional groups attached to an aromatic ring is 1. The number of nitrogens with two attached hydrogens (primary N) is 1. The third kappa shape index (κ3) is 3.32. The number of hydrogen-bond acceptors (Lipinski definition) is 3. The molecule has 0 atom stereocenters. The van der Waals surface area contributed by atoms with Crippen LogP contribution in [0, 0.1) is 0 Å². The average molecular weight is 295 g/mol. The Hall–Kier alpha value is -3.08. The zero-order chi connectivity index (χ0) is 16.1. The minimum Gasteiger partial charge on any atom is -0.398 e. The van der Waals surface area contributed by atoms with E-state index in [0.717, 1.165) is 11.1 Å². The normalized spacial score (nSPS) is 9.86. The van der Waals surface area contributed by atoms with Crippen LogP contribution in [-0.2, 0) is 4.79 Å². The summed E-state index contributed by atoms with van der Waals surface area (Å²) >= 11 is 0. The molecular formula is C17H17N3O2. The molecule has 0 aliphatic carbocycles. The number of anilines is 2. The van der Waals surface area contributed by atoms with Crippen molar-refractivity contribution in [1.29, 1.82) is 0 Å². The van der Waals surface area contributed by atoms with Gasteiger partial charge in [-0.15, -0.1) is 0 Å². The molecule has 22 heavy (non-hydrogen) atoms. The van der Waals surface area contributed by atoms with Crippen molar-refractivity contribution >= 4 is 23.2 Å². The topological polar surface area (TPSA) is 84.2 Å². The molecule has 2 aromatic rings. The molecule has 0 aromatic heterocycles. The van der Waals surface area contributed by atoms with Crippen LogP contribution in [0.2, 0.25) is 0 Å². The van der Waals surface area contributed by atoms with Crippen LogP contribution in [0.15, 0.2) is 55.1 Å². The van der Waals surface area contributed by atoms with E-state index in [9.17, 15) is 9.59 Å². The fraction of sp³-hybridized carbons (Fsp3) is 0.0588. The molecule has 2 amide bonds. The number of benzene rings is 2. The van der Waals surface area contributed by atoms with Crippen LogP contribution in [0.3, 0.4) is 0 Å². The van der Waals surface area contributed by atoms with Crippen molar-refractivity contribution in [2.24, 2.45) is 0 Å². The molecule has 0 saturated heterocycles. The lowest BCUT2D eigenvalue weighted by molar-refractivity contribution is -0.111. The van der Waals surface area contributed by atoms with Gasteiger partial charge in [-0.2, -0.15) is 0 Å². The standard InChI is InChI=1S/C17H17N3O2/c1-3-16(21)20-13-6-4-5-11(9-13)12-7-8-15(18)14(10-12)17(22)19-2/h3-10H,1,18H2,2H3,(H,19,22)(H,20,21). The van der Waals surface area contributed by atoms with E-state index in [1.807, 2.05) is 24.3 Å². The smallest absolute Gasteiger partial charge is 0.253 e. The number of carbonyl (C=O) groups excluding carboxylic acids is 2. The lowest BCUT2D eigenvalue weighted by atomic mass is 10.0. The molecule has 0 bridgehead atoms. The Morgan fingerprint density at radius 3 is 2.55 bits per heavy atom. The van der Waals surface area contributed by atoms with Crippen molar-refractivity contribution in [2.75, 3.05) is 18.1 Å². The van der Waals surface area contributed by atoms with E-state index in [4.69, 9.17) is 5.73 Å². The predicted molar refractivity (Wildman–Crippen MR) is 88.5 cm³/mol. The molecule has 2 aromatic carbocycles. The lowest BCUT2D eigenvalue weighted by Gasteiger charge is -2.09. The van der Waals surface area contributed by atoms with E-state index >= 15 is 0 Å². The van der Waals surface area contributed by atoms with Crippen molar-refractivity contribution < 1.29 is 9.59 Å². The maximum Gasteiger partial charge on any atom is 0.253 e. The van der Waals surface area contributed by atoms with Gasteiger partial charge < -0.3 is 16.4 Å². The molecule has 0 saturated carbocycles. The third-order valence-electron chi connectivity index (χ3n) is 3.17. The predicted octanol–water partition coefficient (Wildman–Crippen LogP) is 2.42. The van der Waals surface area contributed by atoms with E-state index in [-0.39, 0.29) is 11.8 Å². The first-order valence-corrected chi connectivity index (χ1v) is 6.70. The van der Waals surface area contributed by atoms with Gasteiger partial charge in [0.05, 0.1) is 5.56 Å². The van der Waals surface area contributed by atoms with Crippen LogP contribution < -0.4 is 16.4 Å². The van der Waals surface area contributed by atoms with Crippen molar-refractivity contribution in [1.82, 2.24) is 5.32 Å². The monoisotopic (exact) mass is 295 g/mol. The molecule has 4 N–H and O–H groups in total. The molecule has 0 aliphatic rings. The second kappa shape index (κ2) is 6.58. The average Bonchev–Trinajstić information content (AvgIpc) is 2.54. The summed E-state index contributed by atoms with van der Waals surface area (Å²) in [5.41, 5.74) is 9.02. The highest BCUT2D eigenvalue weighted by Crippen LogP contribution is 2.26. The Morgan fingerprint density at radius 2 is 1.86 bits per heavy atom. The fourth-order valence-electron chi connectivity index (χ4n) is 2.04. The van der Waals surface area contributed by atoms with Crippen LogP contribution in [0.5, 0.6) is 0 Å². The van der Waals surface area contributed by atoms with E-state index in [1.54, 1.807) is 25.2 Å². The zero-order valence-corrected chi connectivity index (χ0v) is 12.2. The molecule has 112 valence electrons. The van der Waals surface area contributed by atoms with Crippen LogP contribution in [0.25, 0.3) is 11.1 Å². The van der Waals surface area contributed by atoms with E-state index in [0.29, 0.717) is 16.9 Å². The largest absolute Gasteiger partial charge is 0.398 e. The second-order valence-electron chi connectivity index (χ2n) is 4.66. The van der Waals surface area contributed by atoms with E-state index < -0.39 is 0 Å². The van der Waals surface area contributed by atoms with Crippen molar-refractivity contribution in [3.63, 3.8) is 0 Å². The molecule has 0 fully saturated rings. The van der Waals surface area contributed by atoms with Gasteiger partial charge in [-0.25, -0.2) is 0 Å². The first kappa shape index (κ1) is 15.3. The maximum absolute atomic E-state index is 11.8. The molecule has 5 heteroatoms. The van der Waals surface area contributed by atoms with Gasteiger partial charge in [-0.1, -0.05) is 24.8 Å². The Kier molecular flexibility index (Phi) is 4.58. The van der Waals surface area contributed by atoms with Gasteiger partial charge >= 0.3 is 0 Å². The second-order valence-corrected chi connectivity index (χ2v) is 4.66. The van der Waals surface area contributed by atoms with Crippen LogP contribution in [0.4, 0.5) is 11.4 Å². The maximum atomic E-state index is 11.8. The van der Waals surface area contributed by atoms with Gasteiger partial charge in [0.15, 0.2) is 0 Å². The molecule has 0 radical (unpaired) electrons. The SMILES string of the molecule is C=CC(=O)Nc1cccc(-c2ccc(N)c(C(=O)NC)c2)c1. The third-order valence-corrected chi connectivity index (χ3v) is 3.17. The highest BCUT2D eigenvalue weighted by atomic mass is 16.2. The quantitative estimate of drug-likeness (QED) is 0.598. The van der Waals surface area contributed by atoms with Gasteiger partial charge in [0.2, 0.25) is 5.91 Å². The first-order valence-electron chi connectivity index (χ1n) is 6.70. The number of carbonyl (C=O) groups is 2. The van der Waals surface area contributed by atoms with E-state index in [2.05, 4.69) is 17.2 Å². The lowest BCUT2D eigenvalue weighted by Crippen LogP contribution is -2.19. The van der Waals surface area contributed by atoms with Crippen LogP contribution in [0.1, 0.15) is 10.4 Å². The summed E-state index contributed by atoms with van der Waals surface area (Å²) in [7, 11) is 1.56. The Labute approximate surface area is 128 Å². The highest BCUT2D eigenvalue weighted by Gasteiger charge is 2.10. The number of rotatable bonds is 4. The van der Waals surface area contributed by atoms with Gasteiger partial charge in [0.25, 0.3) is 5.91 Å². The number of nitrogens with one attached hydrogen (secondary N) is 2. The summed E-state index contributed by atoms with van der Waals surface area (Å²) < 4.78 is 0. The summed E-state index contributed by atoms with van der Waals surface area (Å²) in [6.45, 7) is 3.42. The highest BCUT2D eigenvalue weighted by molar-refractivity contribution is 6.01. The van der Waals surface area contributed by atoms with Crippen LogP contribution >= 0.6 is 0 Å². The minimum atomic E-state index is -0.277. The van der Waals surface area contributed by atoms with Gasteiger partial charge in [0, 0.05) is 18.4 Å². The summed E-state index contributed by atoms with van der Waals surface area (Å²) in [6, 6.07) is 12.6.